The first kappa shape index (κ1) is 13.5. The number of aromatic nitrogens is 2. The van der Waals surface area contributed by atoms with Crippen molar-refractivity contribution in [3.63, 3.8) is 0 Å². The summed E-state index contributed by atoms with van der Waals surface area (Å²) in [7, 11) is 0. The van der Waals surface area contributed by atoms with Crippen LogP contribution in [0.1, 0.15) is 36.8 Å². The van der Waals surface area contributed by atoms with E-state index in [0.29, 0.717) is 15.7 Å². The molecule has 0 atom stereocenters. The summed E-state index contributed by atoms with van der Waals surface area (Å²) >= 11 is 1.28. The van der Waals surface area contributed by atoms with E-state index in [0.717, 1.165) is 5.69 Å². The molecule has 2 aromatic heterocycles. The van der Waals surface area contributed by atoms with Crippen LogP contribution in [0.25, 0.3) is 0 Å². The maximum absolute atomic E-state index is 12.0. The first-order chi connectivity index (χ1) is 8.88. The highest BCUT2D eigenvalue weighted by Crippen LogP contribution is 2.34. The average Bonchev–Trinajstić information content (AvgIpc) is 2.71. The second kappa shape index (κ2) is 4.97. The number of hydrogen-bond acceptors (Lipinski definition) is 5. The number of rotatable bonds is 2. The van der Waals surface area contributed by atoms with Gasteiger partial charge in [-0.25, -0.2) is 4.98 Å². The maximum Gasteiger partial charge on any atom is 0.259 e. The minimum absolute atomic E-state index is 0.141. The highest BCUT2D eigenvalue weighted by Gasteiger charge is 2.22. The third-order valence-electron chi connectivity index (χ3n) is 2.51. The van der Waals surface area contributed by atoms with Crippen LogP contribution in [-0.2, 0) is 5.41 Å². The third kappa shape index (κ3) is 3.08. The summed E-state index contributed by atoms with van der Waals surface area (Å²) in [5, 5.41) is 3.88. The van der Waals surface area contributed by atoms with Gasteiger partial charge in [0.15, 0.2) is 5.13 Å². The Balaban J connectivity index is 2.19. The standard InChI is InChI=1S/C13H16N4OS/c1-13(2,3)9-10(14)19-12(16-9)17-11(18)8-5-4-6-15-7-8/h4-7H,14H2,1-3H3,(H,16,17,18). The number of carbonyl (C=O) groups excluding carboxylic acids is 1. The number of anilines is 2. The number of nitrogen functional groups attached to an aromatic ring is 1. The van der Waals surface area contributed by atoms with Crippen LogP contribution in [0.4, 0.5) is 10.1 Å². The Hall–Kier alpha value is -1.95. The van der Waals surface area contributed by atoms with Gasteiger partial charge in [-0.2, -0.15) is 0 Å². The zero-order valence-corrected chi connectivity index (χ0v) is 11.9. The van der Waals surface area contributed by atoms with Crippen molar-refractivity contribution in [2.24, 2.45) is 0 Å². The predicted molar refractivity (Wildman–Crippen MR) is 77.4 cm³/mol. The number of thiazole rings is 1. The minimum Gasteiger partial charge on any atom is -0.389 e. The molecule has 19 heavy (non-hydrogen) atoms. The smallest absolute Gasteiger partial charge is 0.259 e. The van der Waals surface area contributed by atoms with E-state index in [4.69, 9.17) is 5.73 Å². The van der Waals surface area contributed by atoms with Crippen LogP contribution in [0.5, 0.6) is 0 Å². The van der Waals surface area contributed by atoms with E-state index in [1.165, 1.54) is 17.5 Å². The van der Waals surface area contributed by atoms with Crippen molar-refractivity contribution >= 4 is 27.4 Å². The molecule has 1 amide bonds. The Morgan fingerprint density at radius 3 is 2.68 bits per heavy atom. The van der Waals surface area contributed by atoms with E-state index < -0.39 is 0 Å². The molecule has 100 valence electrons. The Bertz CT molecular complexity index is 586. The van der Waals surface area contributed by atoms with Crippen molar-refractivity contribution in [1.29, 1.82) is 0 Å². The Kier molecular flexibility index (Phi) is 3.53. The van der Waals surface area contributed by atoms with Crippen LogP contribution in [0.3, 0.4) is 0 Å². The van der Waals surface area contributed by atoms with Crippen molar-refractivity contribution in [3.8, 4) is 0 Å². The van der Waals surface area contributed by atoms with Crippen LogP contribution >= 0.6 is 11.3 Å². The van der Waals surface area contributed by atoms with Crippen molar-refractivity contribution in [3.05, 3.63) is 35.8 Å². The molecular formula is C13H16N4OS. The van der Waals surface area contributed by atoms with Gasteiger partial charge >= 0.3 is 0 Å². The normalized spacial score (nSPS) is 11.3. The molecule has 0 spiro atoms. The monoisotopic (exact) mass is 276 g/mol. The van der Waals surface area contributed by atoms with Gasteiger partial charge in [0.25, 0.3) is 5.91 Å². The molecule has 0 aliphatic heterocycles. The fraction of sp³-hybridized carbons (Fsp3) is 0.308. The van der Waals surface area contributed by atoms with E-state index in [1.807, 2.05) is 20.8 Å². The number of hydrogen-bond donors (Lipinski definition) is 2. The summed E-state index contributed by atoms with van der Waals surface area (Å²) < 4.78 is 0. The molecule has 0 radical (unpaired) electrons. The Morgan fingerprint density at radius 1 is 1.42 bits per heavy atom. The molecule has 0 fully saturated rings. The van der Waals surface area contributed by atoms with Crippen molar-refractivity contribution in [1.82, 2.24) is 9.97 Å². The van der Waals surface area contributed by atoms with Gasteiger partial charge in [-0.15, -0.1) is 0 Å². The number of nitrogens with zero attached hydrogens (tertiary/aromatic N) is 2. The van der Waals surface area contributed by atoms with Gasteiger partial charge in [0.1, 0.15) is 5.00 Å². The lowest BCUT2D eigenvalue weighted by Crippen LogP contribution is -2.15. The molecule has 0 aliphatic rings. The zero-order chi connectivity index (χ0) is 14.0. The number of amides is 1. The van der Waals surface area contributed by atoms with Gasteiger partial charge in [0.2, 0.25) is 0 Å². The van der Waals surface area contributed by atoms with Crippen LogP contribution in [0.2, 0.25) is 0 Å². The summed E-state index contributed by atoms with van der Waals surface area (Å²) in [6.07, 6.45) is 3.13. The van der Waals surface area contributed by atoms with Crippen LogP contribution in [-0.4, -0.2) is 15.9 Å². The molecule has 2 aromatic rings. The molecule has 0 saturated carbocycles. The summed E-state index contributed by atoms with van der Waals surface area (Å²) in [6, 6.07) is 3.41. The molecule has 0 bridgehead atoms. The molecule has 0 aliphatic carbocycles. The number of pyridine rings is 1. The number of nitrogens with one attached hydrogen (secondary N) is 1. The lowest BCUT2D eigenvalue weighted by atomic mass is 9.93. The highest BCUT2D eigenvalue weighted by molar-refractivity contribution is 7.19. The Labute approximate surface area is 115 Å². The van der Waals surface area contributed by atoms with Gasteiger partial charge in [0.05, 0.1) is 11.3 Å². The lowest BCUT2D eigenvalue weighted by molar-refractivity contribution is 0.102. The van der Waals surface area contributed by atoms with Gasteiger partial charge < -0.3 is 5.73 Å². The van der Waals surface area contributed by atoms with Crippen LogP contribution in [0.15, 0.2) is 24.5 Å². The summed E-state index contributed by atoms with van der Waals surface area (Å²) in [5.74, 6) is -0.234. The number of carbonyl (C=O) groups is 1. The topological polar surface area (TPSA) is 80.9 Å². The largest absolute Gasteiger partial charge is 0.389 e. The Morgan fingerprint density at radius 2 is 2.16 bits per heavy atom. The molecule has 3 N–H and O–H groups in total. The molecule has 6 heteroatoms. The summed E-state index contributed by atoms with van der Waals surface area (Å²) in [4.78, 5) is 20.3. The first-order valence-electron chi connectivity index (χ1n) is 5.86. The SMILES string of the molecule is CC(C)(C)c1nc(NC(=O)c2cccnc2)sc1N. The van der Waals surface area contributed by atoms with E-state index in [1.54, 1.807) is 18.3 Å². The van der Waals surface area contributed by atoms with E-state index in [2.05, 4.69) is 15.3 Å². The second-order valence-corrected chi connectivity index (χ2v) is 6.21. The van der Waals surface area contributed by atoms with Crippen molar-refractivity contribution in [2.75, 3.05) is 11.1 Å². The molecule has 0 saturated heterocycles. The molecule has 0 aromatic carbocycles. The lowest BCUT2D eigenvalue weighted by Gasteiger charge is -2.15. The highest BCUT2D eigenvalue weighted by atomic mass is 32.1. The molecule has 0 unspecified atom stereocenters. The van der Waals surface area contributed by atoms with E-state index in [-0.39, 0.29) is 11.3 Å². The predicted octanol–water partition coefficient (Wildman–Crippen LogP) is 2.67. The summed E-state index contributed by atoms with van der Waals surface area (Å²) in [6.45, 7) is 6.10. The first-order valence-corrected chi connectivity index (χ1v) is 6.68. The van der Waals surface area contributed by atoms with E-state index >= 15 is 0 Å². The molecular weight excluding hydrogens is 260 g/mol. The molecule has 2 heterocycles. The van der Waals surface area contributed by atoms with Crippen LogP contribution < -0.4 is 11.1 Å². The quantitative estimate of drug-likeness (QED) is 0.883. The van der Waals surface area contributed by atoms with Gasteiger partial charge in [-0.1, -0.05) is 32.1 Å². The minimum atomic E-state index is -0.234. The third-order valence-corrected chi connectivity index (χ3v) is 3.31. The summed E-state index contributed by atoms with van der Waals surface area (Å²) in [5.41, 5.74) is 7.09. The average molecular weight is 276 g/mol. The van der Waals surface area contributed by atoms with E-state index in [9.17, 15) is 4.79 Å². The second-order valence-electron chi connectivity index (χ2n) is 5.18. The van der Waals surface area contributed by atoms with Gasteiger partial charge in [-0.05, 0) is 12.1 Å². The zero-order valence-electron chi connectivity index (χ0n) is 11.1. The fourth-order valence-corrected chi connectivity index (χ4v) is 2.53. The molecule has 5 nitrogen and oxygen atoms in total. The van der Waals surface area contributed by atoms with Crippen molar-refractivity contribution in [2.45, 2.75) is 26.2 Å². The van der Waals surface area contributed by atoms with Gasteiger partial charge in [-0.3, -0.25) is 15.1 Å². The number of nitrogens with two attached hydrogens (primary N) is 1. The maximum atomic E-state index is 12.0. The van der Waals surface area contributed by atoms with Gasteiger partial charge in [0, 0.05) is 17.8 Å². The molecule has 2 rings (SSSR count). The van der Waals surface area contributed by atoms with Crippen molar-refractivity contribution < 1.29 is 4.79 Å². The van der Waals surface area contributed by atoms with Crippen LogP contribution in [0, 0.1) is 0 Å². The fourth-order valence-electron chi connectivity index (χ4n) is 1.59.